The van der Waals surface area contributed by atoms with Gasteiger partial charge in [-0.25, -0.2) is 0 Å². The molecule has 1 aliphatic heterocycles. The molecule has 0 bridgehead atoms. The predicted molar refractivity (Wildman–Crippen MR) is 94.9 cm³/mol. The smallest absolute Gasteiger partial charge is 0.270 e. The van der Waals surface area contributed by atoms with E-state index in [0.717, 1.165) is 17.3 Å². The Kier molecular flexibility index (Phi) is 4.88. The van der Waals surface area contributed by atoms with Crippen LogP contribution >= 0.6 is 0 Å². The number of fused-ring (bicyclic) bond motifs is 1. The first-order valence-electron chi connectivity index (χ1n) is 8.69. The van der Waals surface area contributed by atoms with Crippen LogP contribution in [0.4, 0.5) is 0 Å². The van der Waals surface area contributed by atoms with Crippen LogP contribution in [0.15, 0.2) is 30.3 Å². The second-order valence-corrected chi connectivity index (χ2v) is 6.88. The lowest BCUT2D eigenvalue weighted by atomic mass is 10.1. The number of aromatic nitrogens is 1. The van der Waals surface area contributed by atoms with Crippen molar-refractivity contribution in [1.82, 2.24) is 14.8 Å². The first-order valence-corrected chi connectivity index (χ1v) is 8.69. The molecule has 128 valence electrons. The zero-order valence-corrected chi connectivity index (χ0v) is 14.4. The molecular weight excluding hydrogens is 302 g/mol. The van der Waals surface area contributed by atoms with Gasteiger partial charge in [-0.1, -0.05) is 32.0 Å². The second kappa shape index (κ2) is 7.07. The van der Waals surface area contributed by atoms with Crippen LogP contribution in [0, 0.1) is 5.92 Å². The number of nitrogens with zero attached hydrogens (tertiary/aromatic N) is 2. The fraction of sp³-hybridized carbons (Fsp3) is 0.474. The number of hydrogen-bond donors (Lipinski definition) is 1. The fourth-order valence-corrected chi connectivity index (χ4v) is 3.09. The zero-order valence-electron chi connectivity index (χ0n) is 14.4. The van der Waals surface area contributed by atoms with Crippen LogP contribution in [-0.4, -0.2) is 52.8 Å². The SMILES string of the molecule is CC(C)CCC(=O)N1CCN(C(=O)c2cc3ccccc3[nH]2)CC1. The number of aromatic amines is 1. The molecule has 0 saturated carbocycles. The van der Waals surface area contributed by atoms with Crippen molar-refractivity contribution in [2.75, 3.05) is 26.2 Å². The Morgan fingerprint density at radius 2 is 1.75 bits per heavy atom. The van der Waals surface area contributed by atoms with Gasteiger partial charge in [0.25, 0.3) is 5.91 Å². The number of hydrogen-bond acceptors (Lipinski definition) is 2. The molecule has 0 unspecified atom stereocenters. The van der Waals surface area contributed by atoms with Gasteiger partial charge in [-0.3, -0.25) is 9.59 Å². The third-order valence-electron chi connectivity index (χ3n) is 4.62. The van der Waals surface area contributed by atoms with E-state index in [1.165, 1.54) is 0 Å². The van der Waals surface area contributed by atoms with Gasteiger partial charge >= 0.3 is 0 Å². The minimum absolute atomic E-state index is 0.0143. The van der Waals surface area contributed by atoms with E-state index in [-0.39, 0.29) is 11.8 Å². The molecule has 2 aromatic rings. The molecule has 1 N–H and O–H groups in total. The lowest BCUT2D eigenvalue weighted by molar-refractivity contribution is -0.132. The van der Waals surface area contributed by atoms with Gasteiger partial charge in [0.15, 0.2) is 0 Å². The summed E-state index contributed by atoms with van der Waals surface area (Å²) < 4.78 is 0. The van der Waals surface area contributed by atoms with Crippen LogP contribution in [0.3, 0.4) is 0 Å². The highest BCUT2D eigenvalue weighted by atomic mass is 16.2. The van der Waals surface area contributed by atoms with Gasteiger partial charge in [-0.15, -0.1) is 0 Å². The quantitative estimate of drug-likeness (QED) is 0.939. The maximum Gasteiger partial charge on any atom is 0.270 e. The van der Waals surface area contributed by atoms with Crippen molar-refractivity contribution >= 4 is 22.7 Å². The molecular formula is C19H25N3O2. The first-order chi connectivity index (χ1) is 11.5. The maximum atomic E-state index is 12.7. The molecule has 5 heteroatoms. The van der Waals surface area contributed by atoms with E-state index in [0.29, 0.717) is 44.2 Å². The Morgan fingerprint density at radius 3 is 2.42 bits per heavy atom. The molecule has 0 aliphatic carbocycles. The van der Waals surface area contributed by atoms with E-state index < -0.39 is 0 Å². The number of H-pyrrole nitrogens is 1. The summed E-state index contributed by atoms with van der Waals surface area (Å²) in [5, 5.41) is 1.04. The van der Waals surface area contributed by atoms with Gasteiger partial charge in [-0.2, -0.15) is 0 Å². The Balaban J connectivity index is 1.58. The van der Waals surface area contributed by atoms with Crippen LogP contribution in [0.5, 0.6) is 0 Å². The molecule has 2 heterocycles. The average molecular weight is 327 g/mol. The Hall–Kier alpha value is -2.30. The van der Waals surface area contributed by atoms with Gasteiger partial charge in [0.2, 0.25) is 5.91 Å². The van der Waals surface area contributed by atoms with Crippen LogP contribution in [0.1, 0.15) is 37.2 Å². The second-order valence-electron chi connectivity index (χ2n) is 6.88. The first kappa shape index (κ1) is 16.6. The number of benzene rings is 1. The Bertz CT molecular complexity index is 694. The highest BCUT2D eigenvalue weighted by Gasteiger charge is 2.25. The molecule has 1 aromatic carbocycles. The normalized spacial score (nSPS) is 15.3. The Morgan fingerprint density at radius 1 is 1.08 bits per heavy atom. The van der Waals surface area contributed by atoms with E-state index in [1.807, 2.05) is 40.1 Å². The number of carbonyl (C=O) groups is 2. The van der Waals surface area contributed by atoms with Gasteiger partial charge in [0.05, 0.1) is 0 Å². The summed E-state index contributed by atoms with van der Waals surface area (Å²) >= 11 is 0. The summed E-state index contributed by atoms with van der Waals surface area (Å²) in [7, 11) is 0. The highest BCUT2D eigenvalue weighted by molar-refractivity contribution is 5.98. The average Bonchev–Trinajstić information content (AvgIpc) is 3.03. The number of carbonyl (C=O) groups excluding carboxylic acids is 2. The number of nitrogens with one attached hydrogen (secondary N) is 1. The third kappa shape index (κ3) is 3.61. The molecule has 1 fully saturated rings. The lowest BCUT2D eigenvalue weighted by Gasteiger charge is -2.34. The van der Waals surface area contributed by atoms with Crippen molar-refractivity contribution in [3.63, 3.8) is 0 Å². The maximum absolute atomic E-state index is 12.7. The molecule has 2 amide bonds. The number of rotatable bonds is 4. The minimum Gasteiger partial charge on any atom is -0.351 e. The topological polar surface area (TPSA) is 56.4 Å². The molecule has 1 saturated heterocycles. The van der Waals surface area contributed by atoms with E-state index >= 15 is 0 Å². The van der Waals surface area contributed by atoms with Crippen molar-refractivity contribution in [2.24, 2.45) is 5.92 Å². The fourth-order valence-electron chi connectivity index (χ4n) is 3.09. The molecule has 24 heavy (non-hydrogen) atoms. The number of piperazine rings is 1. The van der Waals surface area contributed by atoms with Crippen molar-refractivity contribution in [2.45, 2.75) is 26.7 Å². The molecule has 1 aliphatic rings. The van der Waals surface area contributed by atoms with Gasteiger partial charge in [0, 0.05) is 43.5 Å². The number of amides is 2. The van der Waals surface area contributed by atoms with E-state index in [4.69, 9.17) is 0 Å². The van der Waals surface area contributed by atoms with E-state index in [1.54, 1.807) is 0 Å². The van der Waals surface area contributed by atoms with Crippen LogP contribution in [-0.2, 0) is 4.79 Å². The summed E-state index contributed by atoms with van der Waals surface area (Å²) in [6.07, 6.45) is 1.53. The highest BCUT2D eigenvalue weighted by Crippen LogP contribution is 2.17. The van der Waals surface area contributed by atoms with Crippen molar-refractivity contribution in [1.29, 1.82) is 0 Å². The summed E-state index contributed by atoms with van der Waals surface area (Å²) in [5.74, 6) is 0.765. The summed E-state index contributed by atoms with van der Waals surface area (Å²) in [6, 6.07) is 9.78. The van der Waals surface area contributed by atoms with Gasteiger partial charge in [0.1, 0.15) is 5.69 Å². The monoisotopic (exact) mass is 327 g/mol. The molecule has 0 atom stereocenters. The van der Waals surface area contributed by atoms with Crippen molar-refractivity contribution in [3.05, 3.63) is 36.0 Å². The zero-order chi connectivity index (χ0) is 17.1. The molecule has 0 spiro atoms. The third-order valence-corrected chi connectivity index (χ3v) is 4.62. The molecule has 0 radical (unpaired) electrons. The number of para-hydroxylation sites is 1. The summed E-state index contributed by atoms with van der Waals surface area (Å²) in [4.78, 5) is 31.7. The van der Waals surface area contributed by atoms with E-state index in [2.05, 4.69) is 18.8 Å². The summed E-state index contributed by atoms with van der Waals surface area (Å²) in [6.45, 7) is 6.71. The molecule has 3 rings (SSSR count). The van der Waals surface area contributed by atoms with Crippen LogP contribution < -0.4 is 0 Å². The minimum atomic E-state index is 0.0143. The summed E-state index contributed by atoms with van der Waals surface area (Å²) in [5.41, 5.74) is 1.60. The lowest BCUT2D eigenvalue weighted by Crippen LogP contribution is -2.50. The van der Waals surface area contributed by atoms with E-state index in [9.17, 15) is 9.59 Å². The predicted octanol–water partition coefficient (Wildman–Crippen LogP) is 2.89. The van der Waals surface area contributed by atoms with Crippen molar-refractivity contribution < 1.29 is 9.59 Å². The molecule has 5 nitrogen and oxygen atoms in total. The molecule has 1 aromatic heterocycles. The largest absolute Gasteiger partial charge is 0.351 e. The van der Waals surface area contributed by atoms with Crippen LogP contribution in [0.2, 0.25) is 0 Å². The van der Waals surface area contributed by atoms with Gasteiger partial charge < -0.3 is 14.8 Å². The van der Waals surface area contributed by atoms with Crippen molar-refractivity contribution in [3.8, 4) is 0 Å². The Labute approximate surface area is 142 Å². The standard InChI is InChI=1S/C19H25N3O2/c1-14(2)7-8-18(23)21-9-11-22(12-10-21)19(24)17-13-15-5-3-4-6-16(15)20-17/h3-6,13-14,20H,7-12H2,1-2H3. The van der Waals surface area contributed by atoms with Gasteiger partial charge in [-0.05, 0) is 24.5 Å². The van der Waals surface area contributed by atoms with Crippen LogP contribution in [0.25, 0.3) is 10.9 Å².